The third kappa shape index (κ3) is 3.10. The fourth-order valence-corrected chi connectivity index (χ4v) is 3.05. The lowest BCUT2D eigenvalue weighted by molar-refractivity contribution is 0.0896. The van der Waals surface area contributed by atoms with Crippen LogP contribution in [0.4, 0.5) is 0 Å². The van der Waals surface area contributed by atoms with E-state index >= 15 is 0 Å². The van der Waals surface area contributed by atoms with Crippen LogP contribution in [0.15, 0.2) is 23.1 Å². The van der Waals surface area contributed by atoms with Gasteiger partial charge in [-0.25, -0.2) is 13.6 Å². The van der Waals surface area contributed by atoms with Crippen molar-refractivity contribution in [2.24, 2.45) is 11.1 Å². The molecule has 2 rings (SSSR count). The second kappa shape index (κ2) is 5.41. The summed E-state index contributed by atoms with van der Waals surface area (Å²) in [5.74, 6) is 0.451. The number of methoxy groups -OCH3 is 1. The fraction of sp³-hybridized carbons (Fsp3) is 0.462. The molecular weight excluding hydrogens is 280 g/mol. The van der Waals surface area contributed by atoms with E-state index in [2.05, 4.69) is 12.2 Å². The maximum absolute atomic E-state index is 12.0. The van der Waals surface area contributed by atoms with Gasteiger partial charge in [0.2, 0.25) is 10.0 Å². The molecule has 0 atom stereocenters. The molecule has 0 radical (unpaired) electrons. The molecule has 0 spiro atoms. The van der Waals surface area contributed by atoms with Crippen molar-refractivity contribution in [3.8, 4) is 5.75 Å². The summed E-state index contributed by atoms with van der Waals surface area (Å²) in [7, 11) is -2.59. The van der Waals surface area contributed by atoms with Gasteiger partial charge in [-0.2, -0.15) is 0 Å². The maximum atomic E-state index is 12.0. The predicted octanol–water partition coefficient (Wildman–Crippen LogP) is 0.871. The van der Waals surface area contributed by atoms with Gasteiger partial charge in [0.1, 0.15) is 10.6 Å². The van der Waals surface area contributed by atoms with E-state index < -0.39 is 10.0 Å². The highest BCUT2D eigenvalue weighted by atomic mass is 32.2. The Balaban J connectivity index is 2.22. The molecule has 20 heavy (non-hydrogen) atoms. The zero-order valence-corrected chi connectivity index (χ0v) is 12.2. The number of hydrogen-bond donors (Lipinski definition) is 2. The Hall–Kier alpha value is -1.60. The number of rotatable bonds is 4. The van der Waals surface area contributed by atoms with E-state index in [1.165, 1.54) is 25.3 Å². The number of hydrogen-bond acceptors (Lipinski definition) is 4. The summed E-state index contributed by atoms with van der Waals surface area (Å²) >= 11 is 0. The molecule has 3 N–H and O–H groups in total. The highest BCUT2D eigenvalue weighted by Gasteiger charge is 2.27. The second-order valence-corrected chi connectivity index (χ2v) is 6.69. The molecule has 1 saturated carbocycles. The fourth-order valence-electron chi connectivity index (χ4n) is 2.33. The van der Waals surface area contributed by atoms with Gasteiger partial charge in [0.25, 0.3) is 5.91 Å². The number of ether oxygens (including phenoxy) is 1. The summed E-state index contributed by atoms with van der Waals surface area (Å²) in [5.41, 5.74) is 0.259. The number of benzene rings is 1. The minimum Gasteiger partial charge on any atom is -0.495 e. The summed E-state index contributed by atoms with van der Waals surface area (Å²) in [4.78, 5) is 11.9. The van der Waals surface area contributed by atoms with Crippen LogP contribution in [0.5, 0.6) is 5.75 Å². The molecule has 1 aliphatic carbocycles. The number of primary sulfonamides is 1. The first-order valence-electron chi connectivity index (χ1n) is 6.33. The molecule has 1 amide bonds. The van der Waals surface area contributed by atoms with E-state index in [-0.39, 0.29) is 28.2 Å². The summed E-state index contributed by atoms with van der Waals surface area (Å²) < 4.78 is 27.9. The minimum atomic E-state index is -3.94. The van der Waals surface area contributed by atoms with E-state index in [9.17, 15) is 13.2 Å². The third-order valence-corrected chi connectivity index (χ3v) is 4.37. The zero-order chi connectivity index (χ0) is 14.9. The molecule has 0 aromatic heterocycles. The molecule has 0 saturated heterocycles. The number of nitrogens with two attached hydrogens (primary N) is 1. The highest BCUT2D eigenvalue weighted by Crippen LogP contribution is 2.27. The van der Waals surface area contributed by atoms with Crippen molar-refractivity contribution in [2.45, 2.75) is 30.7 Å². The average molecular weight is 298 g/mol. The minimum absolute atomic E-state index is 0.126. The summed E-state index contributed by atoms with van der Waals surface area (Å²) in [5, 5.41) is 7.98. The molecular formula is C13H18N2O4S. The molecule has 1 aromatic rings. The number of nitrogens with one attached hydrogen (secondary N) is 1. The van der Waals surface area contributed by atoms with Crippen LogP contribution in [0, 0.1) is 5.92 Å². The van der Waals surface area contributed by atoms with Crippen LogP contribution >= 0.6 is 0 Å². The molecule has 1 aliphatic rings. The predicted molar refractivity (Wildman–Crippen MR) is 74.0 cm³/mol. The summed E-state index contributed by atoms with van der Waals surface area (Å²) in [6, 6.07) is 4.35. The Morgan fingerprint density at radius 3 is 2.55 bits per heavy atom. The molecule has 1 aromatic carbocycles. The Morgan fingerprint density at radius 2 is 2.05 bits per heavy atom. The van der Waals surface area contributed by atoms with Gasteiger partial charge in [0, 0.05) is 11.6 Å². The number of carbonyl (C=O) groups is 1. The van der Waals surface area contributed by atoms with Crippen LogP contribution in [0.1, 0.15) is 30.1 Å². The van der Waals surface area contributed by atoms with E-state index in [0.29, 0.717) is 5.92 Å². The first kappa shape index (κ1) is 14.8. The van der Waals surface area contributed by atoms with Crippen molar-refractivity contribution in [1.29, 1.82) is 0 Å². The Kier molecular flexibility index (Phi) is 4.01. The third-order valence-electron chi connectivity index (χ3n) is 3.44. The van der Waals surface area contributed by atoms with Crippen molar-refractivity contribution >= 4 is 15.9 Å². The van der Waals surface area contributed by atoms with Crippen LogP contribution in [0.3, 0.4) is 0 Å². The van der Waals surface area contributed by atoms with Crippen molar-refractivity contribution in [3.63, 3.8) is 0 Å². The SMILES string of the molecule is COc1ccc(C(=O)NC2CC(C)C2)cc1S(N)(=O)=O. The number of amides is 1. The quantitative estimate of drug-likeness (QED) is 0.861. The summed E-state index contributed by atoms with van der Waals surface area (Å²) in [6.45, 7) is 2.12. The Morgan fingerprint density at radius 1 is 1.40 bits per heavy atom. The van der Waals surface area contributed by atoms with E-state index in [4.69, 9.17) is 9.88 Å². The van der Waals surface area contributed by atoms with Crippen molar-refractivity contribution in [1.82, 2.24) is 5.32 Å². The smallest absolute Gasteiger partial charge is 0.251 e. The van der Waals surface area contributed by atoms with Crippen molar-refractivity contribution in [3.05, 3.63) is 23.8 Å². The van der Waals surface area contributed by atoms with E-state index in [1.807, 2.05) is 0 Å². The Bertz CT molecular complexity index is 621. The Labute approximate surface area is 118 Å². The zero-order valence-electron chi connectivity index (χ0n) is 11.4. The van der Waals surface area contributed by atoms with Gasteiger partial charge in [-0.05, 0) is 37.0 Å². The van der Waals surface area contributed by atoms with Gasteiger partial charge in [0.15, 0.2) is 0 Å². The van der Waals surface area contributed by atoms with Crippen LogP contribution in [-0.4, -0.2) is 27.5 Å². The number of sulfonamides is 1. The first-order chi connectivity index (χ1) is 9.31. The van der Waals surface area contributed by atoms with Crippen molar-refractivity contribution < 1.29 is 17.9 Å². The summed E-state index contributed by atoms with van der Waals surface area (Å²) in [6.07, 6.45) is 1.90. The molecule has 7 heteroatoms. The lowest BCUT2D eigenvalue weighted by Crippen LogP contribution is -2.43. The van der Waals surface area contributed by atoms with Crippen molar-refractivity contribution in [2.75, 3.05) is 7.11 Å². The lowest BCUT2D eigenvalue weighted by atomic mass is 9.82. The normalized spacial score (nSPS) is 21.9. The molecule has 1 fully saturated rings. The van der Waals surface area contributed by atoms with Gasteiger partial charge in [-0.1, -0.05) is 6.92 Å². The van der Waals surface area contributed by atoms with Gasteiger partial charge in [-0.15, -0.1) is 0 Å². The average Bonchev–Trinajstić information content (AvgIpc) is 2.35. The second-order valence-electron chi connectivity index (χ2n) is 5.16. The van der Waals surface area contributed by atoms with Crippen LogP contribution in [-0.2, 0) is 10.0 Å². The molecule has 0 aliphatic heterocycles. The van der Waals surface area contributed by atoms with Gasteiger partial charge in [0.05, 0.1) is 7.11 Å². The molecule has 0 bridgehead atoms. The standard InChI is InChI=1S/C13H18N2O4S/c1-8-5-10(6-8)15-13(16)9-3-4-11(19-2)12(7-9)20(14,17)18/h3-4,7-8,10H,5-6H2,1-2H3,(H,15,16)(H2,14,17,18). The first-order valence-corrected chi connectivity index (χ1v) is 7.87. The van der Waals surface area contributed by atoms with Crippen LogP contribution in [0.2, 0.25) is 0 Å². The molecule has 6 nitrogen and oxygen atoms in total. The van der Waals surface area contributed by atoms with Crippen LogP contribution in [0.25, 0.3) is 0 Å². The highest BCUT2D eigenvalue weighted by molar-refractivity contribution is 7.89. The monoisotopic (exact) mass is 298 g/mol. The maximum Gasteiger partial charge on any atom is 0.251 e. The molecule has 0 heterocycles. The van der Waals surface area contributed by atoms with Gasteiger partial charge in [-0.3, -0.25) is 4.79 Å². The largest absolute Gasteiger partial charge is 0.495 e. The van der Waals surface area contributed by atoms with Crippen LogP contribution < -0.4 is 15.2 Å². The molecule has 110 valence electrons. The van der Waals surface area contributed by atoms with Gasteiger partial charge < -0.3 is 10.1 Å². The lowest BCUT2D eigenvalue weighted by Gasteiger charge is -2.33. The van der Waals surface area contributed by atoms with E-state index in [1.54, 1.807) is 0 Å². The van der Waals surface area contributed by atoms with E-state index in [0.717, 1.165) is 12.8 Å². The topological polar surface area (TPSA) is 98.5 Å². The van der Waals surface area contributed by atoms with Gasteiger partial charge >= 0.3 is 0 Å². The molecule has 0 unspecified atom stereocenters. The number of carbonyl (C=O) groups excluding carboxylic acids is 1.